The Kier molecular flexibility index (Phi) is 7.05. The Morgan fingerprint density at radius 2 is 1.83 bits per heavy atom. The number of thiophene rings is 1. The zero-order valence-electron chi connectivity index (χ0n) is 17.8. The van der Waals surface area contributed by atoms with Crippen LogP contribution in [0.4, 0.5) is 10.1 Å². The van der Waals surface area contributed by atoms with Crippen LogP contribution in [-0.4, -0.2) is 38.1 Å². The Hall–Kier alpha value is -1.92. The summed E-state index contributed by atoms with van der Waals surface area (Å²) in [4.78, 5) is 18.1. The van der Waals surface area contributed by atoms with Crippen molar-refractivity contribution in [2.45, 2.75) is 51.1 Å². The molecule has 2 aromatic rings. The number of benzene rings is 1. The zero-order valence-corrected chi connectivity index (χ0v) is 18.6. The fourth-order valence-corrected chi connectivity index (χ4v) is 6.06. The van der Waals surface area contributed by atoms with Gasteiger partial charge < -0.3 is 15.1 Å². The Labute approximate surface area is 183 Å². The number of anilines is 1. The molecule has 6 heteroatoms. The van der Waals surface area contributed by atoms with E-state index in [-0.39, 0.29) is 29.7 Å². The number of quaternary nitrogens is 1. The molecule has 30 heavy (non-hydrogen) atoms. The molecule has 1 saturated carbocycles. The second-order valence-electron chi connectivity index (χ2n) is 8.75. The molecule has 2 atom stereocenters. The molecule has 2 heterocycles. The minimum absolute atomic E-state index is 0.102. The lowest BCUT2D eigenvalue weighted by Gasteiger charge is -2.39. The minimum Gasteiger partial charge on any atom is -0.360 e. The normalized spacial score (nSPS) is 20.7. The van der Waals surface area contributed by atoms with Crippen LogP contribution in [0.2, 0.25) is 0 Å². The summed E-state index contributed by atoms with van der Waals surface area (Å²) in [6.07, 6.45) is 5.69. The lowest BCUT2D eigenvalue weighted by molar-refractivity contribution is -0.933. The third-order valence-corrected chi connectivity index (χ3v) is 7.69. The van der Waals surface area contributed by atoms with E-state index in [1.165, 1.54) is 41.2 Å². The van der Waals surface area contributed by atoms with Crippen molar-refractivity contribution in [3.63, 3.8) is 0 Å². The Bertz CT molecular complexity index is 796. The van der Waals surface area contributed by atoms with Gasteiger partial charge in [-0.15, -0.1) is 11.3 Å². The van der Waals surface area contributed by atoms with Crippen molar-refractivity contribution in [1.29, 1.82) is 0 Å². The lowest BCUT2D eigenvalue weighted by atomic mass is 9.88. The van der Waals surface area contributed by atoms with Gasteiger partial charge in [-0.2, -0.15) is 0 Å². The standard InChI is InChI=1S/C24H32FN3OS/c1-18(26-24(29)19-6-3-2-4-7-19)23(22-8-5-17-30-22)28-15-13-27(14-16-28)21-11-9-20(25)10-12-21/h5,8-12,17-19,23H,2-4,6-7,13-16H2,1H3,(H,26,29)/p+1/t18-,23-/m0/s1. The molecule has 1 aliphatic heterocycles. The molecule has 0 radical (unpaired) electrons. The van der Waals surface area contributed by atoms with E-state index in [0.29, 0.717) is 0 Å². The molecule has 1 saturated heterocycles. The second-order valence-corrected chi connectivity index (χ2v) is 9.73. The van der Waals surface area contributed by atoms with Gasteiger partial charge in [0.05, 0.1) is 37.1 Å². The van der Waals surface area contributed by atoms with Crippen LogP contribution in [0, 0.1) is 11.7 Å². The predicted octanol–water partition coefficient (Wildman–Crippen LogP) is 3.42. The Morgan fingerprint density at radius 1 is 1.13 bits per heavy atom. The van der Waals surface area contributed by atoms with Crippen molar-refractivity contribution in [3.05, 3.63) is 52.5 Å². The summed E-state index contributed by atoms with van der Waals surface area (Å²) in [6.45, 7) is 6.05. The predicted molar refractivity (Wildman–Crippen MR) is 121 cm³/mol. The van der Waals surface area contributed by atoms with Gasteiger partial charge in [-0.1, -0.05) is 25.3 Å². The molecule has 2 fully saturated rings. The monoisotopic (exact) mass is 430 g/mol. The summed E-state index contributed by atoms with van der Waals surface area (Å²) in [7, 11) is 0. The van der Waals surface area contributed by atoms with E-state index < -0.39 is 0 Å². The smallest absolute Gasteiger partial charge is 0.223 e. The van der Waals surface area contributed by atoms with E-state index in [4.69, 9.17) is 0 Å². The third-order valence-electron chi connectivity index (χ3n) is 6.73. The molecule has 2 N–H and O–H groups in total. The lowest BCUT2D eigenvalue weighted by Crippen LogP contribution is -3.16. The highest BCUT2D eigenvalue weighted by molar-refractivity contribution is 7.10. The van der Waals surface area contributed by atoms with Crippen LogP contribution in [0.25, 0.3) is 0 Å². The van der Waals surface area contributed by atoms with Gasteiger partial charge in [-0.3, -0.25) is 4.79 Å². The number of nitrogens with zero attached hydrogens (tertiary/aromatic N) is 1. The van der Waals surface area contributed by atoms with Crippen LogP contribution in [0.5, 0.6) is 0 Å². The molecule has 2 aliphatic rings. The molecule has 0 spiro atoms. The van der Waals surface area contributed by atoms with Gasteiger partial charge in [0.15, 0.2) is 0 Å². The van der Waals surface area contributed by atoms with Crippen molar-refractivity contribution >= 4 is 22.9 Å². The number of nitrogens with one attached hydrogen (secondary N) is 2. The highest BCUT2D eigenvalue weighted by Crippen LogP contribution is 2.25. The van der Waals surface area contributed by atoms with Crippen LogP contribution in [0.3, 0.4) is 0 Å². The van der Waals surface area contributed by atoms with Crippen LogP contribution < -0.4 is 15.1 Å². The molecule has 1 aliphatic carbocycles. The average Bonchev–Trinajstić information content (AvgIpc) is 3.30. The molecule has 4 nitrogen and oxygen atoms in total. The molecule has 4 rings (SSSR count). The van der Waals surface area contributed by atoms with Gasteiger partial charge in [0, 0.05) is 11.6 Å². The number of hydrogen-bond donors (Lipinski definition) is 2. The fourth-order valence-electron chi connectivity index (χ4n) is 5.07. The maximum absolute atomic E-state index is 13.3. The van der Waals surface area contributed by atoms with Crippen molar-refractivity contribution < 1.29 is 14.1 Å². The number of carbonyl (C=O) groups excluding carboxylic acids is 1. The Balaban J connectivity index is 1.41. The molecule has 162 valence electrons. The highest BCUT2D eigenvalue weighted by atomic mass is 32.1. The molecule has 1 aromatic heterocycles. The number of hydrogen-bond acceptors (Lipinski definition) is 3. The van der Waals surface area contributed by atoms with Crippen molar-refractivity contribution in [2.75, 3.05) is 31.1 Å². The van der Waals surface area contributed by atoms with Crippen LogP contribution in [0.15, 0.2) is 41.8 Å². The van der Waals surface area contributed by atoms with E-state index in [1.807, 2.05) is 12.1 Å². The first-order valence-corrected chi connectivity index (χ1v) is 12.2. The number of halogens is 1. The van der Waals surface area contributed by atoms with Gasteiger partial charge in [-0.05, 0) is 55.5 Å². The van der Waals surface area contributed by atoms with E-state index in [9.17, 15) is 9.18 Å². The molecular weight excluding hydrogens is 397 g/mol. The summed E-state index contributed by atoms with van der Waals surface area (Å²) in [6, 6.07) is 11.5. The van der Waals surface area contributed by atoms with E-state index in [1.54, 1.807) is 11.3 Å². The van der Waals surface area contributed by atoms with Crippen molar-refractivity contribution in [1.82, 2.24) is 5.32 Å². The van der Waals surface area contributed by atoms with Crippen LogP contribution >= 0.6 is 11.3 Å². The zero-order chi connectivity index (χ0) is 20.9. The average molecular weight is 431 g/mol. The molecular formula is C24H33FN3OS+. The maximum atomic E-state index is 13.3. The number of piperazine rings is 1. The van der Waals surface area contributed by atoms with E-state index >= 15 is 0 Å². The van der Waals surface area contributed by atoms with Gasteiger partial charge in [0.1, 0.15) is 11.9 Å². The molecule has 1 amide bonds. The number of amides is 1. The maximum Gasteiger partial charge on any atom is 0.223 e. The summed E-state index contributed by atoms with van der Waals surface area (Å²) in [5.74, 6) is 0.243. The van der Waals surface area contributed by atoms with Gasteiger partial charge in [0.2, 0.25) is 5.91 Å². The van der Waals surface area contributed by atoms with Crippen molar-refractivity contribution in [3.8, 4) is 0 Å². The van der Waals surface area contributed by atoms with Gasteiger partial charge in [-0.25, -0.2) is 4.39 Å². The topological polar surface area (TPSA) is 36.8 Å². The summed E-state index contributed by atoms with van der Waals surface area (Å²) >= 11 is 1.79. The number of carbonyl (C=O) groups is 1. The first-order valence-electron chi connectivity index (χ1n) is 11.3. The Morgan fingerprint density at radius 3 is 2.47 bits per heavy atom. The first-order chi connectivity index (χ1) is 14.6. The third kappa shape index (κ3) is 5.03. The molecule has 0 bridgehead atoms. The quantitative estimate of drug-likeness (QED) is 0.737. The number of rotatable bonds is 6. The first kappa shape index (κ1) is 21.3. The fraction of sp³-hybridized carbons (Fsp3) is 0.542. The molecule has 1 aromatic carbocycles. The van der Waals surface area contributed by atoms with Crippen LogP contribution in [-0.2, 0) is 4.79 Å². The largest absolute Gasteiger partial charge is 0.360 e. The summed E-state index contributed by atoms with van der Waals surface area (Å²) in [5, 5.41) is 5.51. The van der Waals surface area contributed by atoms with Gasteiger partial charge in [0.25, 0.3) is 0 Å². The summed E-state index contributed by atoms with van der Waals surface area (Å²) < 4.78 is 13.3. The van der Waals surface area contributed by atoms with Crippen LogP contribution in [0.1, 0.15) is 49.9 Å². The minimum atomic E-state index is -0.191. The summed E-state index contributed by atoms with van der Waals surface area (Å²) in [5.41, 5.74) is 1.08. The van der Waals surface area contributed by atoms with E-state index in [2.05, 4.69) is 34.7 Å². The van der Waals surface area contributed by atoms with Gasteiger partial charge >= 0.3 is 0 Å². The highest BCUT2D eigenvalue weighted by Gasteiger charge is 2.35. The molecule has 0 unspecified atom stereocenters. The second kappa shape index (κ2) is 9.92. The van der Waals surface area contributed by atoms with Crippen molar-refractivity contribution in [2.24, 2.45) is 5.92 Å². The SMILES string of the molecule is C[C@H](NC(=O)C1CCCCC1)[C@@H](c1cccs1)[NH+]1CCN(c2ccc(F)cc2)CC1. The van der Waals surface area contributed by atoms with E-state index in [0.717, 1.165) is 44.7 Å².